The molecule has 1 aromatic carbocycles. The van der Waals surface area contributed by atoms with Crippen molar-refractivity contribution >= 4 is 23.2 Å². The van der Waals surface area contributed by atoms with Crippen molar-refractivity contribution in [1.29, 1.82) is 0 Å². The summed E-state index contributed by atoms with van der Waals surface area (Å²) in [6.45, 7) is 6.40. The lowest BCUT2D eigenvalue weighted by Gasteiger charge is -2.31. The number of benzene rings is 1. The molecule has 0 spiro atoms. The Morgan fingerprint density at radius 1 is 1.22 bits per heavy atom. The maximum absolute atomic E-state index is 12.5. The fourth-order valence-corrected chi connectivity index (χ4v) is 3.95. The highest BCUT2D eigenvalue weighted by Gasteiger charge is 2.26. The number of halogens is 2. The number of methoxy groups -OCH3 is 1. The van der Waals surface area contributed by atoms with Gasteiger partial charge in [0, 0.05) is 26.1 Å². The first-order valence-corrected chi connectivity index (χ1v) is 10.1. The van der Waals surface area contributed by atoms with Crippen LogP contribution in [0.4, 0.5) is 0 Å². The van der Waals surface area contributed by atoms with Crippen LogP contribution in [0.2, 0.25) is 10.0 Å². The Labute approximate surface area is 169 Å². The Morgan fingerprint density at radius 3 is 2.59 bits per heavy atom. The van der Waals surface area contributed by atoms with E-state index in [4.69, 9.17) is 27.9 Å². The van der Waals surface area contributed by atoms with Crippen LogP contribution in [0.3, 0.4) is 0 Å². The van der Waals surface area contributed by atoms with Gasteiger partial charge in [0.05, 0.1) is 23.2 Å². The third kappa shape index (κ3) is 4.74. The van der Waals surface area contributed by atoms with Crippen molar-refractivity contribution in [3.05, 3.63) is 50.1 Å². The van der Waals surface area contributed by atoms with Gasteiger partial charge >= 0.3 is 5.69 Å². The van der Waals surface area contributed by atoms with Crippen LogP contribution in [0.5, 0.6) is 0 Å². The van der Waals surface area contributed by atoms with Crippen LogP contribution in [0, 0.1) is 0 Å². The monoisotopic (exact) mass is 412 g/mol. The van der Waals surface area contributed by atoms with Gasteiger partial charge in [-0.15, -0.1) is 0 Å². The highest BCUT2D eigenvalue weighted by molar-refractivity contribution is 6.42. The highest BCUT2D eigenvalue weighted by Crippen LogP contribution is 2.28. The first-order chi connectivity index (χ1) is 13.0. The molecule has 2 aromatic rings. The third-order valence-corrected chi connectivity index (χ3v) is 5.86. The number of nitrogens with zero attached hydrogens (tertiary/aromatic N) is 4. The van der Waals surface area contributed by atoms with E-state index in [-0.39, 0.29) is 5.69 Å². The fraction of sp³-hybridized carbons (Fsp3) is 0.579. The summed E-state index contributed by atoms with van der Waals surface area (Å²) in [7, 11) is 1.63. The van der Waals surface area contributed by atoms with Gasteiger partial charge in [0.15, 0.2) is 0 Å². The normalized spacial score (nSPS) is 16.1. The number of aromatic nitrogens is 3. The molecule has 0 atom stereocenters. The van der Waals surface area contributed by atoms with Crippen molar-refractivity contribution in [2.24, 2.45) is 0 Å². The van der Waals surface area contributed by atoms with Crippen molar-refractivity contribution in [2.45, 2.75) is 45.3 Å². The molecule has 27 heavy (non-hydrogen) atoms. The lowest BCUT2D eigenvalue weighted by Crippen LogP contribution is -2.33. The van der Waals surface area contributed by atoms with Gasteiger partial charge in [-0.25, -0.2) is 9.48 Å². The van der Waals surface area contributed by atoms with Crippen molar-refractivity contribution in [2.75, 3.05) is 26.8 Å². The van der Waals surface area contributed by atoms with E-state index in [0.717, 1.165) is 43.9 Å². The van der Waals surface area contributed by atoms with E-state index in [2.05, 4.69) is 10.00 Å². The van der Waals surface area contributed by atoms with Gasteiger partial charge in [-0.2, -0.15) is 5.10 Å². The van der Waals surface area contributed by atoms with Crippen LogP contribution in [-0.2, 0) is 24.4 Å². The molecule has 0 amide bonds. The average Bonchev–Trinajstić information content (AvgIpc) is 2.99. The highest BCUT2D eigenvalue weighted by atomic mass is 35.5. The summed E-state index contributed by atoms with van der Waals surface area (Å²) in [5, 5.41) is 5.79. The molecule has 8 heteroatoms. The zero-order valence-corrected chi connectivity index (χ0v) is 17.3. The Balaban J connectivity index is 1.65. The fourth-order valence-electron chi connectivity index (χ4n) is 3.63. The molecule has 1 fully saturated rings. The molecule has 6 nitrogen and oxygen atoms in total. The maximum Gasteiger partial charge on any atom is 0.345 e. The van der Waals surface area contributed by atoms with Crippen molar-refractivity contribution in [3.63, 3.8) is 0 Å². The van der Waals surface area contributed by atoms with Crippen LogP contribution >= 0.6 is 23.2 Å². The quantitative estimate of drug-likeness (QED) is 0.698. The van der Waals surface area contributed by atoms with E-state index in [1.807, 2.05) is 25.1 Å². The lowest BCUT2D eigenvalue weighted by atomic mass is 9.95. The van der Waals surface area contributed by atoms with Crippen molar-refractivity contribution < 1.29 is 4.74 Å². The number of hydrogen-bond donors (Lipinski definition) is 0. The van der Waals surface area contributed by atoms with Crippen LogP contribution in [-0.4, -0.2) is 46.1 Å². The van der Waals surface area contributed by atoms with Crippen LogP contribution in [0.15, 0.2) is 23.0 Å². The molecule has 0 saturated carbocycles. The Hall–Kier alpha value is -1.34. The first-order valence-electron chi connectivity index (χ1n) is 9.36. The van der Waals surface area contributed by atoms with Gasteiger partial charge in [-0.3, -0.25) is 9.47 Å². The predicted molar refractivity (Wildman–Crippen MR) is 108 cm³/mol. The number of ether oxygens (including phenoxy) is 1. The number of likely N-dealkylation sites (tertiary alicyclic amines) is 1. The smallest absolute Gasteiger partial charge is 0.345 e. The summed E-state index contributed by atoms with van der Waals surface area (Å²) in [4.78, 5) is 14.9. The Bertz CT molecular complexity index is 826. The molecule has 1 aromatic heterocycles. The van der Waals surface area contributed by atoms with Crippen LogP contribution in [0.1, 0.15) is 37.1 Å². The third-order valence-electron chi connectivity index (χ3n) is 5.12. The minimum atomic E-state index is -0.0391. The topological polar surface area (TPSA) is 52.3 Å². The second-order valence-corrected chi connectivity index (χ2v) is 7.71. The summed E-state index contributed by atoms with van der Waals surface area (Å²) in [6, 6.07) is 5.80. The summed E-state index contributed by atoms with van der Waals surface area (Å²) in [6.07, 6.45) is 1.98. The molecule has 148 valence electrons. The predicted octanol–water partition coefficient (Wildman–Crippen LogP) is 3.40. The molecule has 0 unspecified atom stereocenters. The number of rotatable bonds is 7. The average molecular weight is 413 g/mol. The number of hydrogen-bond acceptors (Lipinski definition) is 4. The Kier molecular flexibility index (Phi) is 6.98. The van der Waals surface area contributed by atoms with E-state index in [1.165, 1.54) is 4.68 Å². The van der Waals surface area contributed by atoms with E-state index in [9.17, 15) is 4.79 Å². The Morgan fingerprint density at radius 2 is 1.96 bits per heavy atom. The molecule has 0 N–H and O–H groups in total. The molecule has 0 radical (unpaired) electrons. The molecule has 1 aliphatic heterocycles. The molecule has 3 rings (SSSR count). The summed E-state index contributed by atoms with van der Waals surface area (Å²) >= 11 is 12.1. The summed E-state index contributed by atoms with van der Waals surface area (Å²) in [5.41, 5.74) is 1.12. The molecule has 0 bridgehead atoms. The standard InChI is InChI=1S/C19H26Cl2N4O2/c1-3-24-18(22-25(19(24)26)10-11-27-2)15-6-8-23(9-7-15)13-14-4-5-16(20)17(21)12-14/h4-5,12,15H,3,6-11,13H2,1-2H3. The van der Waals surface area contributed by atoms with Crippen LogP contribution < -0.4 is 5.69 Å². The number of piperidine rings is 1. The van der Waals surface area contributed by atoms with Gasteiger partial charge < -0.3 is 4.74 Å². The van der Waals surface area contributed by atoms with Gasteiger partial charge in [-0.05, 0) is 50.6 Å². The zero-order valence-electron chi connectivity index (χ0n) is 15.8. The lowest BCUT2D eigenvalue weighted by molar-refractivity contribution is 0.181. The van der Waals surface area contributed by atoms with E-state index < -0.39 is 0 Å². The van der Waals surface area contributed by atoms with E-state index >= 15 is 0 Å². The molecular weight excluding hydrogens is 387 g/mol. The second kappa shape index (κ2) is 9.24. The minimum Gasteiger partial charge on any atom is -0.383 e. The van der Waals surface area contributed by atoms with Crippen molar-refractivity contribution in [3.8, 4) is 0 Å². The summed E-state index contributed by atoms with van der Waals surface area (Å²) in [5.74, 6) is 1.22. The second-order valence-electron chi connectivity index (χ2n) is 6.90. The van der Waals surface area contributed by atoms with E-state index in [0.29, 0.717) is 35.7 Å². The molecule has 1 saturated heterocycles. The molecular formula is C19H26Cl2N4O2. The van der Waals surface area contributed by atoms with Gasteiger partial charge in [0.25, 0.3) is 0 Å². The SMILES string of the molecule is CCn1c(C2CCN(Cc3ccc(Cl)c(Cl)c3)CC2)nn(CCOC)c1=O. The zero-order chi connectivity index (χ0) is 19.4. The van der Waals surface area contributed by atoms with Gasteiger partial charge in [-0.1, -0.05) is 29.3 Å². The molecule has 0 aliphatic carbocycles. The van der Waals surface area contributed by atoms with Crippen molar-refractivity contribution in [1.82, 2.24) is 19.2 Å². The van der Waals surface area contributed by atoms with Crippen LogP contribution in [0.25, 0.3) is 0 Å². The summed E-state index contributed by atoms with van der Waals surface area (Å²) < 4.78 is 8.41. The van der Waals surface area contributed by atoms with E-state index in [1.54, 1.807) is 11.7 Å². The van der Waals surface area contributed by atoms with Gasteiger partial charge in [0.2, 0.25) is 0 Å². The molecule has 2 heterocycles. The first kappa shape index (κ1) is 20.4. The maximum atomic E-state index is 12.5. The van der Waals surface area contributed by atoms with Gasteiger partial charge in [0.1, 0.15) is 5.82 Å². The molecule has 1 aliphatic rings. The minimum absolute atomic E-state index is 0.0391. The largest absolute Gasteiger partial charge is 0.383 e.